The van der Waals surface area contributed by atoms with E-state index in [1.165, 1.54) is 0 Å². The van der Waals surface area contributed by atoms with Crippen LogP contribution < -0.4 is 16.0 Å². The molecular formula is C21H22N4O2. The lowest BCUT2D eigenvalue weighted by atomic mass is 10.1. The number of hydrogen-bond acceptors (Lipinski definition) is 3. The maximum atomic E-state index is 12.2. The van der Waals surface area contributed by atoms with Crippen LogP contribution in [0.1, 0.15) is 12.5 Å². The Morgan fingerprint density at radius 1 is 1.00 bits per heavy atom. The van der Waals surface area contributed by atoms with E-state index in [0.29, 0.717) is 18.7 Å². The predicted octanol–water partition coefficient (Wildman–Crippen LogP) is 3.10. The van der Waals surface area contributed by atoms with Gasteiger partial charge in [-0.3, -0.25) is 9.78 Å². The standard InChI is InChI=1S/C21H22N4O2/c1-15(24-21(27)25-18-10-3-2-4-11-18)20(26)23-14-12-17-8-5-7-16-9-6-13-22-19(16)17/h2-11,13,15H,12,14H2,1H3,(H,23,26)(H2,24,25,27). The molecule has 3 amide bonds. The van der Waals surface area contributed by atoms with E-state index in [4.69, 9.17) is 0 Å². The highest BCUT2D eigenvalue weighted by atomic mass is 16.2. The molecule has 1 heterocycles. The van der Waals surface area contributed by atoms with Crippen LogP contribution in [0.5, 0.6) is 0 Å². The second kappa shape index (κ2) is 8.80. The van der Waals surface area contributed by atoms with E-state index in [2.05, 4.69) is 20.9 Å². The van der Waals surface area contributed by atoms with Crippen molar-refractivity contribution in [1.82, 2.24) is 15.6 Å². The maximum Gasteiger partial charge on any atom is 0.319 e. The van der Waals surface area contributed by atoms with Crippen molar-refractivity contribution in [2.75, 3.05) is 11.9 Å². The summed E-state index contributed by atoms with van der Waals surface area (Å²) in [6.07, 6.45) is 2.44. The molecule has 0 saturated heterocycles. The lowest BCUT2D eigenvalue weighted by Crippen LogP contribution is -2.46. The number of nitrogens with zero attached hydrogens (tertiary/aromatic N) is 1. The zero-order valence-corrected chi connectivity index (χ0v) is 15.1. The van der Waals surface area contributed by atoms with Crippen molar-refractivity contribution in [2.24, 2.45) is 0 Å². The van der Waals surface area contributed by atoms with Crippen LogP contribution in [-0.2, 0) is 11.2 Å². The fourth-order valence-corrected chi connectivity index (χ4v) is 2.79. The summed E-state index contributed by atoms with van der Waals surface area (Å²) >= 11 is 0. The summed E-state index contributed by atoms with van der Waals surface area (Å²) in [6.45, 7) is 2.13. The molecule has 2 aromatic carbocycles. The van der Waals surface area contributed by atoms with E-state index in [9.17, 15) is 9.59 Å². The smallest absolute Gasteiger partial charge is 0.319 e. The Labute approximate surface area is 158 Å². The molecule has 0 aliphatic heterocycles. The Bertz CT molecular complexity index is 922. The third-order valence-electron chi connectivity index (χ3n) is 4.18. The summed E-state index contributed by atoms with van der Waals surface area (Å²) in [5, 5.41) is 9.26. The van der Waals surface area contributed by atoms with E-state index in [0.717, 1.165) is 16.5 Å². The highest BCUT2D eigenvalue weighted by Gasteiger charge is 2.15. The predicted molar refractivity (Wildman–Crippen MR) is 107 cm³/mol. The van der Waals surface area contributed by atoms with Crippen molar-refractivity contribution in [1.29, 1.82) is 0 Å². The average Bonchev–Trinajstić information content (AvgIpc) is 2.68. The molecule has 1 aromatic heterocycles. The Morgan fingerprint density at radius 2 is 1.78 bits per heavy atom. The van der Waals surface area contributed by atoms with Crippen molar-refractivity contribution < 1.29 is 9.59 Å². The molecule has 3 rings (SSSR count). The number of urea groups is 1. The van der Waals surface area contributed by atoms with E-state index < -0.39 is 12.1 Å². The van der Waals surface area contributed by atoms with Gasteiger partial charge in [-0.2, -0.15) is 0 Å². The second-order valence-electron chi connectivity index (χ2n) is 6.22. The van der Waals surface area contributed by atoms with Crippen molar-refractivity contribution >= 4 is 28.5 Å². The molecule has 1 unspecified atom stereocenters. The number of pyridine rings is 1. The van der Waals surface area contributed by atoms with Gasteiger partial charge in [0, 0.05) is 23.8 Å². The third-order valence-corrected chi connectivity index (χ3v) is 4.18. The van der Waals surface area contributed by atoms with Crippen LogP contribution in [0, 0.1) is 0 Å². The zero-order valence-electron chi connectivity index (χ0n) is 15.1. The van der Waals surface area contributed by atoms with Gasteiger partial charge < -0.3 is 16.0 Å². The van der Waals surface area contributed by atoms with Gasteiger partial charge in [0.25, 0.3) is 0 Å². The number of benzene rings is 2. The minimum Gasteiger partial charge on any atom is -0.354 e. The van der Waals surface area contributed by atoms with E-state index in [1.54, 1.807) is 25.3 Å². The fourth-order valence-electron chi connectivity index (χ4n) is 2.79. The van der Waals surface area contributed by atoms with Crippen molar-refractivity contribution in [3.63, 3.8) is 0 Å². The van der Waals surface area contributed by atoms with E-state index in [-0.39, 0.29) is 5.91 Å². The Kier molecular flexibility index (Phi) is 5.99. The molecule has 1 atom stereocenters. The summed E-state index contributed by atoms with van der Waals surface area (Å²) in [5.74, 6) is -0.230. The normalized spacial score (nSPS) is 11.6. The van der Waals surface area contributed by atoms with Gasteiger partial charge in [0.1, 0.15) is 6.04 Å². The van der Waals surface area contributed by atoms with Crippen molar-refractivity contribution in [3.05, 3.63) is 72.4 Å². The van der Waals surface area contributed by atoms with Gasteiger partial charge >= 0.3 is 6.03 Å². The minimum absolute atomic E-state index is 0.230. The molecule has 138 valence electrons. The van der Waals surface area contributed by atoms with Crippen molar-refractivity contribution in [3.8, 4) is 0 Å². The summed E-state index contributed by atoms with van der Waals surface area (Å²) in [4.78, 5) is 28.6. The average molecular weight is 362 g/mol. The SMILES string of the molecule is CC(NC(=O)Nc1ccccc1)C(=O)NCCc1cccc2cccnc12. The summed E-state index contributed by atoms with van der Waals surface area (Å²) in [6, 6.07) is 18.0. The molecule has 27 heavy (non-hydrogen) atoms. The lowest BCUT2D eigenvalue weighted by Gasteiger charge is -2.15. The number of amides is 3. The molecule has 6 heteroatoms. The van der Waals surface area contributed by atoms with Crippen LogP contribution in [0.2, 0.25) is 0 Å². The summed E-state index contributed by atoms with van der Waals surface area (Å²) < 4.78 is 0. The number of para-hydroxylation sites is 2. The van der Waals surface area contributed by atoms with Crippen LogP contribution in [-0.4, -0.2) is 29.5 Å². The first-order chi connectivity index (χ1) is 13.1. The molecular weight excluding hydrogens is 340 g/mol. The first-order valence-electron chi connectivity index (χ1n) is 8.86. The highest BCUT2D eigenvalue weighted by molar-refractivity contribution is 5.93. The number of fused-ring (bicyclic) bond motifs is 1. The maximum absolute atomic E-state index is 12.2. The molecule has 3 N–H and O–H groups in total. The molecule has 0 fully saturated rings. The zero-order chi connectivity index (χ0) is 19.1. The first-order valence-corrected chi connectivity index (χ1v) is 8.86. The molecule has 0 aliphatic rings. The fraction of sp³-hybridized carbons (Fsp3) is 0.190. The largest absolute Gasteiger partial charge is 0.354 e. The van der Waals surface area contributed by atoms with E-state index in [1.807, 2.05) is 48.5 Å². The number of nitrogens with one attached hydrogen (secondary N) is 3. The summed E-state index contributed by atoms with van der Waals surface area (Å²) in [7, 11) is 0. The van der Waals surface area contributed by atoms with Crippen LogP contribution >= 0.6 is 0 Å². The van der Waals surface area contributed by atoms with Crippen molar-refractivity contribution in [2.45, 2.75) is 19.4 Å². The van der Waals surface area contributed by atoms with Gasteiger partial charge in [0.05, 0.1) is 5.52 Å². The number of carbonyl (C=O) groups excluding carboxylic acids is 2. The molecule has 0 radical (unpaired) electrons. The van der Waals surface area contributed by atoms with Gasteiger partial charge in [0.15, 0.2) is 0 Å². The number of rotatable bonds is 6. The van der Waals surface area contributed by atoms with Gasteiger partial charge in [-0.15, -0.1) is 0 Å². The van der Waals surface area contributed by atoms with Crippen LogP contribution in [0.15, 0.2) is 66.9 Å². The molecule has 0 aliphatic carbocycles. The van der Waals surface area contributed by atoms with Gasteiger partial charge in [0.2, 0.25) is 5.91 Å². The third kappa shape index (κ3) is 5.04. The topological polar surface area (TPSA) is 83.1 Å². The van der Waals surface area contributed by atoms with Crippen LogP contribution in [0.25, 0.3) is 10.9 Å². The first kappa shape index (κ1) is 18.4. The van der Waals surface area contributed by atoms with Gasteiger partial charge in [-0.05, 0) is 37.1 Å². The molecule has 0 bridgehead atoms. The van der Waals surface area contributed by atoms with Crippen LogP contribution in [0.4, 0.5) is 10.5 Å². The molecule has 3 aromatic rings. The quantitative estimate of drug-likeness (QED) is 0.630. The Balaban J connectivity index is 1.48. The van der Waals surface area contributed by atoms with Gasteiger partial charge in [-0.1, -0.05) is 42.5 Å². The Morgan fingerprint density at radius 3 is 2.59 bits per heavy atom. The molecule has 0 spiro atoms. The molecule has 0 saturated carbocycles. The van der Waals surface area contributed by atoms with Crippen LogP contribution in [0.3, 0.4) is 0 Å². The van der Waals surface area contributed by atoms with E-state index >= 15 is 0 Å². The Hall–Kier alpha value is -3.41. The van der Waals surface area contributed by atoms with Gasteiger partial charge in [-0.25, -0.2) is 4.79 Å². The number of hydrogen-bond donors (Lipinski definition) is 3. The highest BCUT2D eigenvalue weighted by Crippen LogP contribution is 2.15. The summed E-state index contributed by atoms with van der Waals surface area (Å²) in [5.41, 5.74) is 2.70. The monoisotopic (exact) mass is 362 g/mol. The number of aromatic nitrogens is 1. The molecule has 6 nitrogen and oxygen atoms in total. The second-order valence-corrected chi connectivity index (χ2v) is 6.22. The lowest BCUT2D eigenvalue weighted by molar-refractivity contribution is -0.122. The number of carbonyl (C=O) groups is 2. The minimum atomic E-state index is -0.639. The number of anilines is 1.